The highest BCUT2D eigenvalue weighted by Gasteiger charge is 2.23. The summed E-state index contributed by atoms with van der Waals surface area (Å²) in [5.74, 6) is 0.00924. The average molecular weight is 315 g/mol. The molecule has 2 aromatic rings. The van der Waals surface area contributed by atoms with Gasteiger partial charge in [-0.3, -0.25) is 4.98 Å². The van der Waals surface area contributed by atoms with Crippen LogP contribution in [0.25, 0.3) is 0 Å². The van der Waals surface area contributed by atoms with Gasteiger partial charge in [0.25, 0.3) is 0 Å². The van der Waals surface area contributed by atoms with Crippen molar-refractivity contribution in [1.82, 2.24) is 14.9 Å². The molecular formula is C16H18FN5O. The number of hydrogen-bond acceptors (Lipinski definition) is 4. The van der Waals surface area contributed by atoms with E-state index in [0.29, 0.717) is 32.0 Å². The molecule has 0 radical (unpaired) electrons. The van der Waals surface area contributed by atoms with Crippen LogP contribution in [0.15, 0.2) is 36.7 Å². The van der Waals surface area contributed by atoms with Crippen molar-refractivity contribution in [3.05, 3.63) is 48.2 Å². The van der Waals surface area contributed by atoms with Crippen LogP contribution in [0.3, 0.4) is 0 Å². The van der Waals surface area contributed by atoms with Crippen molar-refractivity contribution in [1.29, 1.82) is 0 Å². The minimum absolute atomic E-state index is 0.156. The van der Waals surface area contributed by atoms with E-state index in [4.69, 9.17) is 0 Å². The first-order chi connectivity index (χ1) is 11.1. The van der Waals surface area contributed by atoms with E-state index in [2.05, 4.69) is 15.3 Å². The fourth-order valence-electron chi connectivity index (χ4n) is 2.56. The quantitative estimate of drug-likeness (QED) is 0.923. The van der Waals surface area contributed by atoms with Crippen LogP contribution >= 0.6 is 0 Å². The molecule has 0 unspecified atom stereocenters. The average Bonchev–Trinajstić information content (AvgIpc) is 2.55. The zero-order valence-corrected chi connectivity index (χ0v) is 12.9. The monoisotopic (exact) mass is 315 g/mol. The molecule has 0 spiro atoms. The minimum atomic E-state index is -0.335. The lowest BCUT2D eigenvalue weighted by atomic mass is 10.3. The molecule has 3 heterocycles. The van der Waals surface area contributed by atoms with Crippen molar-refractivity contribution in [2.24, 2.45) is 0 Å². The van der Waals surface area contributed by atoms with Crippen LogP contribution in [0.1, 0.15) is 5.69 Å². The fraction of sp³-hybridized carbons (Fsp3) is 0.312. The molecule has 7 heteroatoms. The molecular weight excluding hydrogens is 297 g/mol. The Morgan fingerprint density at radius 1 is 1.17 bits per heavy atom. The molecule has 3 rings (SSSR count). The van der Waals surface area contributed by atoms with Crippen LogP contribution in [0.4, 0.5) is 20.7 Å². The zero-order valence-electron chi connectivity index (χ0n) is 12.9. The van der Waals surface area contributed by atoms with Gasteiger partial charge in [0, 0.05) is 50.0 Å². The molecule has 1 N–H and O–H groups in total. The van der Waals surface area contributed by atoms with Crippen molar-refractivity contribution in [2.45, 2.75) is 6.92 Å². The molecule has 23 heavy (non-hydrogen) atoms. The van der Waals surface area contributed by atoms with Crippen LogP contribution in [0.2, 0.25) is 0 Å². The number of carbonyl (C=O) groups is 1. The molecule has 1 saturated heterocycles. The molecule has 0 bridgehead atoms. The van der Waals surface area contributed by atoms with Crippen molar-refractivity contribution in [3.8, 4) is 0 Å². The smallest absolute Gasteiger partial charge is 0.321 e. The first-order valence-electron chi connectivity index (χ1n) is 7.47. The maximum absolute atomic E-state index is 13.8. The van der Waals surface area contributed by atoms with Gasteiger partial charge in [-0.15, -0.1) is 0 Å². The molecule has 1 aliphatic rings. The first-order valence-corrected chi connectivity index (χ1v) is 7.47. The summed E-state index contributed by atoms with van der Waals surface area (Å²) in [5.41, 5.74) is 1.57. The van der Waals surface area contributed by atoms with E-state index < -0.39 is 0 Å². The lowest BCUT2D eigenvalue weighted by molar-refractivity contribution is 0.208. The van der Waals surface area contributed by atoms with Gasteiger partial charge in [-0.05, 0) is 31.2 Å². The number of nitrogens with zero attached hydrogens (tertiary/aromatic N) is 4. The fourth-order valence-corrected chi connectivity index (χ4v) is 2.56. The molecule has 1 fully saturated rings. The molecule has 2 aromatic heterocycles. The summed E-state index contributed by atoms with van der Waals surface area (Å²) in [6.07, 6.45) is 3.23. The molecule has 0 saturated carbocycles. The summed E-state index contributed by atoms with van der Waals surface area (Å²) in [4.78, 5) is 24.0. The standard InChI is InChI=1S/C16H18FN5O/c1-12-11-13(4-6-18-12)20-16(23)22-9-7-21(8-10-22)15-14(17)3-2-5-19-15/h2-6,11H,7-10H2,1H3,(H,18,20,23). The van der Waals surface area contributed by atoms with Gasteiger partial charge in [0.1, 0.15) is 0 Å². The number of halogens is 1. The highest BCUT2D eigenvalue weighted by molar-refractivity contribution is 5.89. The Bertz CT molecular complexity index is 700. The SMILES string of the molecule is Cc1cc(NC(=O)N2CCN(c3ncccc3F)CC2)ccn1. The zero-order chi connectivity index (χ0) is 16.2. The van der Waals surface area contributed by atoms with Crippen LogP contribution in [-0.4, -0.2) is 47.1 Å². The van der Waals surface area contributed by atoms with Gasteiger partial charge in [-0.1, -0.05) is 0 Å². The summed E-state index contributed by atoms with van der Waals surface area (Å²) in [6.45, 7) is 4.01. The summed E-state index contributed by atoms with van der Waals surface area (Å²) in [7, 11) is 0. The largest absolute Gasteiger partial charge is 0.351 e. The van der Waals surface area contributed by atoms with Gasteiger partial charge in [0.05, 0.1) is 0 Å². The molecule has 0 aliphatic carbocycles. The van der Waals surface area contributed by atoms with Gasteiger partial charge < -0.3 is 15.1 Å². The molecule has 0 aromatic carbocycles. The Morgan fingerprint density at radius 2 is 1.96 bits per heavy atom. The molecule has 2 amide bonds. The number of pyridine rings is 2. The number of amides is 2. The molecule has 6 nitrogen and oxygen atoms in total. The number of aromatic nitrogens is 2. The Kier molecular flexibility index (Phi) is 4.36. The normalized spacial score (nSPS) is 14.7. The van der Waals surface area contributed by atoms with Gasteiger partial charge in [-0.2, -0.15) is 0 Å². The van der Waals surface area contributed by atoms with Crippen molar-refractivity contribution in [3.63, 3.8) is 0 Å². The number of hydrogen-bond donors (Lipinski definition) is 1. The third kappa shape index (κ3) is 3.56. The number of carbonyl (C=O) groups excluding carboxylic acids is 1. The lowest BCUT2D eigenvalue weighted by Crippen LogP contribution is -2.50. The lowest BCUT2D eigenvalue weighted by Gasteiger charge is -2.35. The number of urea groups is 1. The van der Waals surface area contributed by atoms with E-state index in [0.717, 1.165) is 11.4 Å². The summed E-state index contributed by atoms with van der Waals surface area (Å²) < 4.78 is 13.8. The predicted octanol–water partition coefficient (Wildman–Crippen LogP) is 2.28. The van der Waals surface area contributed by atoms with Crippen LogP contribution in [0.5, 0.6) is 0 Å². The topological polar surface area (TPSA) is 61.4 Å². The number of rotatable bonds is 2. The number of anilines is 2. The first kappa shape index (κ1) is 15.2. The Hall–Kier alpha value is -2.70. The van der Waals surface area contributed by atoms with Crippen LogP contribution in [0, 0.1) is 12.7 Å². The van der Waals surface area contributed by atoms with Gasteiger partial charge in [0.2, 0.25) is 0 Å². The Labute approximate surface area is 134 Å². The Morgan fingerprint density at radius 3 is 2.65 bits per heavy atom. The van der Waals surface area contributed by atoms with Crippen LogP contribution < -0.4 is 10.2 Å². The number of piperazine rings is 1. The van der Waals surface area contributed by atoms with E-state index in [1.54, 1.807) is 29.4 Å². The Balaban J connectivity index is 1.58. The number of aryl methyl sites for hydroxylation is 1. The summed E-state index contributed by atoms with van der Waals surface area (Å²) in [5, 5.41) is 2.86. The third-order valence-electron chi connectivity index (χ3n) is 3.75. The molecule has 1 aliphatic heterocycles. The second kappa shape index (κ2) is 6.60. The predicted molar refractivity (Wildman–Crippen MR) is 86.0 cm³/mol. The van der Waals surface area contributed by atoms with Gasteiger partial charge in [-0.25, -0.2) is 14.2 Å². The second-order valence-electron chi connectivity index (χ2n) is 5.40. The third-order valence-corrected chi connectivity index (χ3v) is 3.75. The van der Waals surface area contributed by atoms with Gasteiger partial charge in [0.15, 0.2) is 11.6 Å². The second-order valence-corrected chi connectivity index (χ2v) is 5.40. The van der Waals surface area contributed by atoms with Gasteiger partial charge >= 0.3 is 6.03 Å². The van der Waals surface area contributed by atoms with Crippen LogP contribution in [-0.2, 0) is 0 Å². The summed E-state index contributed by atoms with van der Waals surface area (Å²) in [6, 6.07) is 6.38. The maximum atomic E-state index is 13.8. The van der Waals surface area contributed by atoms with Crippen molar-refractivity contribution < 1.29 is 9.18 Å². The van der Waals surface area contributed by atoms with E-state index in [-0.39, 0.29) is 11.8 Å². The van der Waals surface area contributed by atoms with E-state index in [9.17, 15) is 9.18 Å². The van der Waals surface area contributed by atoms with Crippen molar-refractivity contribution >= 4 is 17.5 Å². The highest BCUT2D eigenvalue weighted by atomic mass is 19.1. The highest BCUT2D eigenvalue weighted by Crippen LogP contribution is 2.17. The maximum Gasteiger partial charge on any atom is 0.321 e. The summed E-state index contributed by atoms with van der Waals surface area (Å²) >= 11 is 0. The molecule has 120 valence electrons. The minimum Gasteiger partial charge on any atom is -0.351 e. The van der Waals surface area contributed by atoms with E-state index >= 15 is 0 Å². The van der Waals surface area contributed by atoms with E-state index in [1.165, 1.54) is 6.07 Å². The van der Waals surface area contributed by atoms with Crippen molar-refractivity contribution in [2.75, 3.05) is 36.4 Å². The molecule has 0 atom stereocenters. The number of nitrogens with one attached hydrogen (secondary N) is 1. The van der Waals surface area contributed by atoms with E-state index in [1.807, 2.05) is 17.9 Å².